The first kappa shape index (κ1) is 14.6. The van der Waals surface area contributed by atoms with Crippen LogP contribution < -0.4 is 14.8 Å². The fraction of sp³-hybridized carbons (Fsp3) is 0.125. The van der Waals surface area contributed by atoms with E-state index < -0.39 is 11.7 Å². The number of nitrogens with one attached hydrogen (secondary N) is 1. The lowest BCUT2D eigenvalue weighted by atomic mass is 10.1. The maximum Gasteiger partial charge on any atom is 0.296 e. The van der Waals surface area contributed by atoms with Gasteiger partial charge in [-0.2, -0.15) is 0 Å². The normalized spacial score (nSPS) is 9.81. The standard InChI is InChI=1S/C16H15NO4/c1-20-13-9-8-12(10-14(13)21-2)17-16(19)15(18)11-6-4-3-5-7-11/h3-10H,1-2H3,(H,17,19). The Morgan fingerprint density at radius 3 is 2.19 bits per heavy atom. The molecule has 0 atom stereocenters. The van der Waals surface area contributed by atoms with E-state index >= 15 is 0 Å². The molecule has 21 heavy (non-hydrogen) atoms. The van der Waals surface area contributed by atoms with Crippen molar-refractivity contribution < 1.29 is 19.1 Å². The number of anilines is 1. The van der Waals surface area contributed by atoms with Crippen LogP contribution in [0.5, 0.6) is 11.5 Å². The van der Waals surface area contributed by atoms with E-state index in [-0.39, 0.29) is 0 Å². The van der Waals surface area contributed by atoms with E-state index in [1.165, 1.54) is 14.2 Å². The van der Waals surface area contributed by atoms with Gasteiger partial charge in [0.05, 0.1) is 14.2 Å². The molecule has 0 bridgehead atoms. The zero-order valence-electron chi connectivity index (χ0n) is 11.8. The smallest absolute Gasteiger partial charge is 0.296 e. The van der Waals surface area contributed by atoms with Gasteiger partial charge in [0, 0.05) is 17.3 Å². The summed E-state index contributed by atoms with van der Waals surface area (Å²) in [5.41, 5.74) is 0.803. The molecule has 0 saturated heterocycles. The van der Waals surface area contributed by atoms with Crippen LogP contribution in [0, 0.1) is 0 Å². The molecule has 108 valence electrons. The van der Waals surface area contributed by atoms with Crippen LogP contribution >= 0.6 is 0 Å². The van der Waals surface area contributed by atoms with Crippen molar-refractivity contribution in [2.75, 3.05) is 19.5 Å². The maximum absolute atomic E-state index is 12.0. The van der Waals surface area contributed by atoms with Gasteiger partial charge in [0.2, 0.25) is 0 Å². The van der Waals surface area contributed by atoms with Gasteiger partial charge >= 0.3 is 0 Å². The van der Waals surface area contributed by atoms with Crippen LogP contribution in [0.4, 0.5) is 5.69 Å². The highest BCUT2D eigenvalue weighted by molar-refractivity contribution is 6.46. The van der Waals surface area contributed by atoms with E-state index in [0.29, 0.717) is 22.7 Å². The first-order chi connectivity index (χ1) is 10.2. The van der Waals surface area contributed by atoms with Crippen molar-refractivity contribution in [3.05, 3.63) is 54.1 Å². The lowest BCUT2D eigenvalue weighted by Crippen LogP contribution is -2.22. The molecule has 0 unspecified atom stereocenters. The fourth-order valence-electron chi connectivity index (χ4n) is 1.82. The number of Topliss-reactive ketones (excluding diaryl/α,β-unsaturated/α-hetero) is 1. The zero-order chi connectivity index (χ0) is 15.2. The van der Waals surface area contributed by atoms with E-state index in [2.05, 4.69) is 5.32 Å². The number of carbonyl (C=O) groups excluding carboxylic acids is 2. The van der Waals surface area contributed by atoms with Gasteiger partial charge in [0.1, 0.15) is 0 Å². The Labute approximate surface area is 122 Å². The van der Waals surface area contributed by atoms with Gasteiger partial charge in [-0.05, 0) is 12.1 Å². The highest BCUT2D eigenvalue weighted by Crippen LogP contribution is 2.29. The summed E-state index contributed by atoms with van der Waals surface area (Å²) in [5.74, 6) is -0.272. The number of carbonyl (C=O) groups is 2. The highest BCUT2D eigenvalue weighted by Gasteiger charge is 2.16. The van der Waals surface area contributed by atoms with Gasteiger partial charge in [0.15, 0.2) is 11.5 Å². The van der Waals surface area contributed by atoms with E-state index in [1.807, 2.05) is 0 Å². The van der Waals surface area contributed by atoms with Crippen LogP contribution in [0.15, 0.2) is 48.5 Å². The minimum atomic E-state index is -0.701. The Bertz CT molecular complexity index is 653. The number of hydrogen-bond donors (Lipinski definition) is 1. The second-order valence-electron chi connectivity index (χ2n) is 4.22. The summed E-state index contributed by atoms with van der Waals surface area (Å²) in [6.07, 6.45) is 0. The quantitative estimate of drug-likeness (QED) is 0.677. The molecule has 0 aliphatic carbocycles. The van der Waals surface area contributed by atoms with Crippen molar-refractivity contribution in [2.45, 2.75) is 0 Å². The van der Waals surface area contributed by atoms with Crippen LogP contribution in [0.2, 0.25) is 0 Å². The second kappa shape index (κ2) is 6.56. The van der Waals surface area contributed by atoms with E-state index in [1.54, 1.807) is 48.5 Å². The third-order valence-corrected chi connectivity index (χ3v) is 2.88. The van der Waals surface area contributed by atoms with Crippen LogP contribution in [0.3, 0.4) is 0 Å². The number of methoxy groups -OCH3 is 2. The van der Waals surface area contributed by atoms with Crippen LogP contribution in [-0.2, 0) is 4.79 Å². The molecule has 0 aliphatic heterocycles. The molecular weight excluding hydrogens is 270 g/mol. The molecule has 0 aliphatic rings. The molecule has 2 rings (SSSR count). The van der Waals surface area contributed by atoms with Crippen molar-refractivity contribution in [1.82, 2.24) is 0 Å². The summed E-state index contributed by atoms with van der Waals surface area (Å²) < 4.78 is 10.3. The van der Waals surface area contributed by atoms with Gasteiger partial charge in [-0.15, -0.1) is 0 Å². The van der Waals surface area contributed by atoms with Gasteiger partial charge in [0.25, 0.3) is 11.7 Å². The maximum atomic E-state index is 12.0. The van der Waals surface area contributed by atoms with Crippen molar-refractivity contribution in [2.24, 2.45) is 0 Å². The molecular formula is C16H15NO4. The van der Waals surface area contributed by atoms with Gasteiger partial charge < -0.3 is 14.8 Å². The Balaban J connectivity index is 2.15. The lowest BCUT2D eigenvalue weighted by molar-refractivity contribution is -0.112. The number of benzene rings is 2. The predicted molar refractivity (Wildman–Crippen MR) is 78.9 cm³/mol. The molecule has 0 heterocycles. The third-order valence-electron chi connectivity index (χ3n) is 2.88. The molecule has 2 aromatic carbocycles. The lowest BCUT2D eigenvalue weighted by Gasteiger charge is -2.10. The summed E-state index contributed by atoms with van der Waals surface area (Å²) in [6, 6.07) is 13.3. The molecule has 0 radical (unpaired) electrons. The second-order valence-corrected chi connectivity index (χ2v) is 4.22. The zero-order valence-corrected chi connectivity index (χ0v) is 11.8. The third kappa shape index (κ3) is 3.39. The van der Waals surface area contributed by atoms with Crippen LogP contribution in [0.25, 0.3) is 0 Å². The number of hydrogen-bond acceptors (Lipinski definition) is 4. The van der Waals surface area contributed by atoms with Crippen molar-refractivity contribution in [3.63, 3.8) is 0 Å². The predicted octanol–water partition coefficient (Wildman–Crippen LogP) is 2.53. The summed E-state index contributed by atoms with van der Waals surface area (Å²) in [6.45, 7) is 0. The molecule has 0 aromatic heterocycles. The SMILES string of the molecule is COc1ccc(NC(=O)C(=O)c2ccccc2)cc1OC. The minimum Gasteiger partial charge on any atom is -0.493 e. The number of ketones is 1. The van der Waals surface area contributed by atoms with Gasteiger partial charge in [-0.1, -0.05) is 30.3 Å². The Hall–Kier alpha value is -2.82. The van der Waals surface area contributed by atoms with E-state index in [9.17, 15) is 9.59 Å². The van der Waals surface area contributed by atoms with Gasteiger partial charge in [-0.25, -0.2) is 0 Å². The molecule has 5 nitrogen and oxygen atoms in total. The van der Waals surface area contributed by atoms with Gasteiger partial charge in [-0.3, -0.25) is 9.59 Å². The van der Waals surface area contributed by atoms with Crippen molar-refractivity contribution in [3.8, 4) is 11.5 Å². The first-order valence-corrected chi connectivity index (χ1v) is 6.28. The largest absolute Gasteiger partial charge is 0.493 e. The molecule has 1 N–H and O–H groups in total. The Morgan fingerprint density at radius 1 is 0.905 bits per heavy atom. The van der Waals surface area contributed by atoms with E-state index in [4.69, 9.17) is 9.47 Å². The summed E-state index contributed by atoms with van der Waals surface area (Å²) in [5, 5.41) is 2.54. The summed E-state index contributed by atoms with van der Waals surface area (Å²) >= 11 is 0. The minimum absolute atomic E-state index is 0.343. The Kier molecular flexibility index (Phi) is 4.56. The molecule has 1 amide bonds. The average molecular weight is 285 g/mol. The molecule has 0 saturated carbocycles. The summed E-state index contributed by atoms with van der Waals surface area (Å²) in [4.78, 5) is 23.9. The summed E-state index contributed by atoms with van der Waals surface area (Å²) in [7, 11) is 3.02. The number of rotatable bonds is 5. The molecule has 0 spiro atoms. The topological polar surface area (TPSA) is 64.6 Å². The van der Waals surface area contributed by atoms with Crippen molar-refractivity contribution in [1.29, 1.82) is 0 Å². The molecule has 2 aromatic rings. The average Bonchev–Trinajstić information content (AvgIpc) is 2.54. The molecule has 0 fully saturated rings. The number of amides is 1. The first-order valence-electron chi connectivity index (χ1n) is 6.28. The van der Waals surface area contributed by atoms with Crippen LogP contribution in [-0.4, -0.2) is 25.9 Å². The monoisotopic (exact) mass is 285 g/mol. The van der Waals surface area contributed by atoms with E-state index in [0.717, 1.165) is 0 Å². The highest BCUT2D eigenvalue weighted by atomic mass is 16.5. The van der Waals surface area contributed by atoms with Crippen molar-refractivity contribution >= 4 is 17.4 Å². The Morgan fingerprint density at radius 2 is 1.57 bits per heavy atom. The number of ether oxygens (including phenoxy) is 2. The fourth-order valence-corrected chi connectivity index (χ4v) is 1.82. The molecule has 5 heteroatoms. The van der Waals surface area contributed by atoms with Crippen LogP contribution in [0.1, 0.15) is 10.4 Å².